The fourth-order valence-corrected chi connectivity index (χ4v) is 0.561. The Morgan fingerprint density at radius 3 is 2.17 bits per heavy atom. The van der Waals surface area contributed by atoms with Gasteiger partial charge in [-0.15, -0.1) is 12.4 Å². The number of halogens is 1. The van der Waals surface area contributed by atoms with Crippen LogP contribution in [0.2, 0.25) is 0 Å². The van der Waals surface area contributed by atoms with Gasteiger partial charge in [-0.05, 0) is 7.05 Å². The molecule has 0 fully saturated rings. The Morgan fingerprint density at radius 1 is 1.08 bits per heavy atom. The fraction of sp³-hybridized carbons (Fsp3) is 1.00. The van der Waals surface area contributed by atoms with E-state index in [1.807, 2.05) is 7.05 Å². The van der Waals surface area contributed by atoms with E-state index in [0.717, 1.165) is 6.54 Å². The zero-order valence-corrected chi connectivity index (χ0v) is 8.23. The van der Waals surface area contributed by atoms with Crippen LogP contribution in [0.1, 0.15) is 0 Å². The second-order valence-corrected chi connectivity index (χ2v) is 2.05. The van der Waals surface area contributed by atoms with E-state index in [1.54, 1.807) is 0 Å². The summed E-state index contributed by atoms with van der Waals surface area (Å²) in [5, 5.41) is 11.3. The third kappa shape index (κ3) is 12.8. The third-order valence-corrected chi connectivity index (χ3v) is 1.10. The van der Waals surface area contributed by atoms with E-state index < -0.39 is 0 Å². The van der Waals surface area contributed by atoms with Gasteiger partial charge in [0.1, 0.15) is 0 Å². The molecule has 0 spiro atoms. The van der Waals surface area contributed by atoms with Gasteiger partial charge in [-0.25, -0.2) is 0 Å². The summed E-state index contributed by atoms with van der Waals surface area (Å²) in [4.78, 5) is 0. The summed E-state index contributed by atoms with van der Waals surface area (Å²) in [7, 11) is 1.88. The molecular formula is C7H18ClNO3. The lowest BCUT2D eigenvalue weighted by molar-refractivity contribution is 0.0343. The first-order valence-electron chi connectivity index (χ1n) is 3.82. The highest BCUT2D eigenvalue weighted by Crippen LogP contribution is 1.76. The van der Waals surface area contributed by atoms with Crippen LogP contribution in [0.25, 0.3) is 0 Å². The summed E-state index contributed by atoms with van der Waals surface area (Å²) in [6.45, 7) is 3.21. The summed E-state index contributed by atoms with van der Waals surface area (Å²) in [5.74, 6) is 0. The number of hydrogen-bond donors (Lipinski definition) is 2. The van der Waals surface area contributed by atoms with Crippen molar-refractivity contribution in [2.45, 2.75) is 0 Å². The number of ether oxygens (including phenoxy) is 2. The van der Waals surface area contributed by atoms with Gasteiger partial charge in [0.05, 0.1) is 33.0 Å². The van der Waals surface area contributed by atoms with E-state index in [0.29, 0.717) is 26.4 Å². The number of aliphatic hydroxyl groups excluding tert-OH is 1. The van der Waals surface area contributed by atoms with Crippen LogP contribution in [0.4, 0.5) is 0 Å². The van der Waals surface area contributed by atoms with Crippen LogP contribution in [0.15, 0.2) is 0 Å². The van der Waals surface area contributed by atoms with Gasteiger partial charge < -0.3 is 19.9 Å². The quantitative estimate of drug-likeness (QED) is 0.525. The van der Waals surface area contributed by atoms with Crippen molar-refractivity contribution >= 4 is 12.4 Å². The molecule has 4 nitrogen and oxygen atoms in total. The smallest absolute Gasteiger partial charge is 0.0701 e. The van der Waals surface area contributed by atoms with Gasteiger partial charge in [0.2, 0.25) is 0 Å². The van der Waals surface area contributed by atoms with E-state index in [4.69, 9.17) is 14.6 Å². The summed E-state index contributed by atoms with van der Waals surface area (Å²) < 4.78 is 10.1. The molecule has 2 N–H and O–H groups in total. The lowest BCUT2D eigenvalue weighted by atomic mass is 10.7. The Hall–Kier alpha value is 0.130. The van der Waals surface area contributed by atoms with Gasteiger partial charge in [-0.2, -0.15) is 0 Å². The van der Waals surface area contributed by atoms with Crippen LogP contribution in [0.5, 0.6) is 0 Å². The SMILES string of the molecule is CNCCOCCOCCO.Cl. The molecule has 0 amide bonds. The van der Waals surface area contributed by atoms with Gasteiger partial charge in [0.15, 0.2) is 0 Å². The maximum atomic E-state index is 8.33. The van der Waals surface area contributed by atoms with Crippen LogP contribution in [0, 0.1) is 0 Å². The Bertz CT molecular complexity index is 67.7. The van der Waals surface area contributed by atoms with Crippen molar-refractivity contribution in [3.63, 3.8) is 0 Å². The lowest BCUT2D eigenvalue weighted by Crippen LogP contribution is -2.16. The highest BCUT2D eigenvalue weighted by Gasteiger charge is 1.87. The molecule has 76 valence electrons. The van der Waals surface area contributed by atoms with Gasteiger partial charge in [-0.3, -0.25) is 0 Å². The summed E-state index contributed by atoms with van der Waals surface area (Å²) >= 11 is 0. The van der Waals surface area contributed by atoms with Crippen LogP contribution in [0.3, 0.4) is 0 Å². The third-order valence-electron chi connectivity index (χ3n) is 1.10. The second-order valence-electron chi connectivity index (χ2n) is 2.05. The molecule has 0 bridgehead atoms. The molecule has 0 radical (unpaired) electrons. The fourth-order valence-electron chi connectivity index (χ4n) is 0.561. The molecule has 0 aromatic rings. The first-order valence-corrected chi connectivity index (χ1v) is 3.82. The number of hydrogen-bond acceptors (Lipinski definition) is 4. The predicted octanol–water partition coefficient (Wildman–Crippen LogP) is -0.347. The molecule has 0 saturated carbocycles. The van der Waals surface area contributed by atoms with Crippen molar-refractivity contribution in [2.24, 2.45) is 0 Å². The molecule has 0 aromatic carbocycles. The van der Waals surface area contributed by atoms with E-state index >= 15 is 0 Å². The number of aliphatic hydroxyl groups is 1. The molecule has 12 heavy (non-hydrogen) atoms. The molecule has 0 aliphatic rings. The molecule has 0 atom stereocenters. The Morgan fingerprint density at radius 2 is 1.67 bits per heavy atom. The lowest BCUT2D eigenvalue weighted by Gasteiger charge is -2.03. The van der Waals surface area contributed by atoms with Crippen molar-refractivity contribution in [1.29, 1.82) is 0 Å². The highest BCUT2D eigenvalue weighted by molar-refractivity contribution is 5.85. The number of nitrogens with one attached hydrogen (secondary N) is 1. The minimum absolute atomic E-state index is 0. The zero-order valence-electron chi connectivity index (χ0n) is 7.41. The van der Waals surface area contributed by atoms with E-state index in [-0.39, 0.29) is 19.0 Å². The molecule has 0 saturated heterocycles. The van der Waals surface area contributed by atoms with Crippen molar-refractivity contribution in [3.8, 4) is 0 Å². The standard InChI is InChI=1S/C7H17NO3.ClH/c1-8-2-4-10-6-7-11-5-3-9;/h8-9H,2-7H2,1H3;1H. The molecule has 0 unspecified atom stereocenters. The molecule has 0 rings (SSSR count). The van der Waals surface area contributed by atoms with E-state index in [2.05, 4.69) is 5.32 Å². The summed E-state index contributed by atoms with van der Waals surface area (Å²) in [6, 6.07) is 0. The predicted molar refractivity (Wildman–Crippen MR) is 49.9 cm³/mol. The van der Waals surface area contributed by atoms with E-state index in [9.17, 15) is 0 Å². The maximum Gasteiger partial charge on any atom is 0.0701 e. The Balaban J connectivity index is 0. The number of rotatable bonds is 8. The molecular weight excluding hydrogens is 182 g/mol. The minimum atomic E-state index is 0. The topological polar surface area (TPSA) is 50.7 Å². The van der Waals surface area contributed by atoms with Crippen molar-refractivity contribution in [2.75, 3.05) is 46.6 Å². The molecule has 5 heteroatoms. The van der Waals surface area contributed by atoms with Gasteiger partial charge >= 0.3 is 0 Å². The minimum Gasteiger partial charge on any atom is -0.394 e. The maximum absolute atomic E-state index is 8.33. The molecule has 0 aromatic heterocycles. The van der Waals surface area contributed by atoms with Crippen molar-refractivity contribution in [3.05, 3.63) is 0 Å². The van der Waals surface area contributed by atoms with Crippen LogP contribution < -0.4 is 5.32 Å². The molecule has 0 aliphatic heterocycles. The first-order chi connectivity index (χ1) is 5.41. The van der Waals surface area contributed by atoms with Crippen LogP contribution >= 0.6 is 12.4 Å². The normalized spacial score (nSPS) is 9.50. The Labute approximate surface area is 79.7 Å². The monoisotopic (exact) mass is 199 g/mol. The molecule has 0 heterocycles. The first kappa shape index (κ1) is 14.6. The average Bonchev–Trinajstić information content (AvgIpc) is 2.03. The molecule has 0 aliphatic carbocycles. The zero-order chi connectivity index (χ0) is 8.36. The summed E-state index contributed by atoms with van der Waals surface area (Å²) in [5.41, 5.74) is 0. The highest BCUT2D eigenvalue weighted by atomic mass is 35.5. The average molecular weight is 200 g/mol. The summed E-state index contributed by atoms with van der Waals surface area (Å²) in [6.07, 6.45) is 0. The van der Waals surface area contributed by atoms with Crippen LogP contribution in [-0.2, 0) is 9.47 Å². The largest absolute Gasteiger partial charge is 0.394 e. The van der Waals surface area contributed by atoms with Crippen LogP contribution in [-0.4, -0.2) is 51.7 Å². The van der Waals surface area contributed by atoms with Gasteiger partial charge in [0, 0.05) is 6.54 Å². The van der Waals surface area contributed by atoms with Gasteiger partial charge in [-0.1, -0.05) is 0 Å². The van der Waals surface area contributed by atoms with E-state index in [1.165, 1.54) is 0 Å². The van der Waals surface area contributed by atoms with Crippen molar-refractivity contribution < 1.29 is 14.6 Å². The number of likely N-dealkylation sites (N-methyl/N-ethyl adjacent to an activating group) is 1. The van der Waals surface area contributed by atoms with Crippen molar-refractivity contribution in [1.82, 2.24) is 5.32 Å². The Kier molecular flexibility index (Phi) is 16.7. The second kappa shape index (κ2) is 13.7. The van der Waals surface area contributed by atoms with Gasteiger partial charge in [0.25, 0.3) is 0 Å².